The molecular weight excluding hydrogens is 342 g/mol. The molecule has 0 aliphatic rings. The molecule has 3 rings (SSSR count). The number of nitriles is 1. The van der Waals surface area contributed by atoms with Gasteiger partial charge in [0, 0.05) is 0 Å². The Labute approximate surface area is 148 Å². The van der Waals surface area contributed by atoms with Crippen LogP contribution in [0.15, 0.2) is 59.5 Å². The summed E-state index contributed by atoms with van der Waals surface area (Å²) in [5.74, 6) is 1.05. The molecule has 0 amide bonds. The fraction of sp³-hybridized carbons (Fsp3) is 0.0556. The SMILES string of the molecule is COc1ccc(Oc2c(Cl)cnn(-c3cccc(C#N)c3)c2=O)cc1. The van der Waals surface area contributed by atoms with Gasteiger partial charge in [-0.2, -0.15) is 15.0 Å². The highest BCUT2D eigenvalue weighted by atomic mass is 35.5. The van der Waals surface area contributed by atoms with Gasteiger partial charge < -0.3 is 9.47 Å². The summed E-state index contributed by atoms with van der Waals surface area (Å²) in [4.78, 5) is 12.7. The highest BCUT2D eigenvalue weighted by Crippen LogP contribution is 2.26. The highest BCUT2D eigenvalue weighted by molar-refractivity contribution is 6.31. The molecule has 0 N–H and O–H groups in total. The molecule has 0 saturated carbocycles. The zero-order valence-corrected chi connectivity index (χ0v) is 13.9. The molecule has 0 aliphatic heterocycles. The first-order valence-corrected chi connectivity index (χ1v) is 7.60. The van der Waals surface area contributed by atoms with E-state index in [-0.39, 0.29) is 10.8 Å². The van der Waals surface area contributed by atoms with Crippen LogP contribution in [0.25, 0.3) is 5.69 Å². The van der Waals surface area contributed by atoms with E-state index in [1.165, 1.54) is 6.20 Å². The maximum absolute atomic E-state index is 12.7. The van der Waals surface area contributed by atoms with E-state index in [0.29, 0.717) is 22.7 Å². The van der Waals surface area contributed by atoms with Crippen LogP contribution in [0.3, 0.4) is 0 Å². The number of rotatable bonds is 4. The summed E-state index contributed by atoms with van der Waals surface area (Å²) < 4.78 is 11.8. The van der Waals surface area contributed by atoms with Gasteiger partial charge >= 0.3 is 5.56 Å². The van der Waals surface area contributed by atoms with Gasteiger partial charge in [0.2, 0.25) is 5.75 Å². The van der Waals surface area contributed by atoms with Crippen molar-refractivity contribution in [1.29, 1.82) is 5.26 Å². The molecule has 7 heteroatoms. The Morgan fingerprint density at radius 3 is 2.56 bits per heavy atom. The molecule has 6 nitrogen and oxygen atoms in total. The Bertz CT molecular complexity index is 1010. The average molecular weight is 354 g/mol. The molecule has 1 aromatic heterocycles. The fourth-order valence-electron chi connectivity index (χ4n) is 2.16. The molecule has 0 spiro atoms. The van der Waals surface area contributed by atoms with Crippen molar-refractivity contribution < 1.29 is 9.47 Å². The molecular formula is C18H12ClN3O3. The molecule has 1 heterocycles. The maximum atomic E-state index is 12.7. The molecule has 0 fully saturated rings. The van der Waals surface area contributed by atoms with Crippen LogP contribution in [-0.4, -0.2) is 16.9 Å². The van der Waals surface area contributed by atoms with Crippen molar-refractivity contribution in [3.05, 3.63) is 75.7 Å². The molecule has 0 unspecified atom stereocenters. The number of halogens is 1. The normalized spacial score (nSPS) is 10.1. The minimum Gasteiger partial charge on any atom is -0.497 e. The van der Waals surface area contributed by atoms with Crippen molar-refractivity contribution in [2.75, 3.05) is 7.11 Å². The number of hydrogen-bond acceptors (Lipinski definition) is 5. The maximum Gasteiger partial charge on any atom is 0.316 e. The monoisotopic (exact) mass is 353 g/mol. The number of ether oxygens (including phenoxy) is 2. The van der Waals surface area contributed by atoms with E-state index in [0.717, 1.165) is 4.68 Å². The lowest BCUT2D eigenvalue weighted by Crippen LogP contribution is -2.22. The Kier molecular flexibility index (Phi) is 4.68. The summed E-state index contributed by atoms with van der Waals surface area (Å²) >= 11 is 6.08. The predicted octanol–water partition coefficient (Wildman–Crippen LogP) is 3.56. The summed E-state index contributed by atoms with van der Waals surface area (Å²) in [6.07, 6.45) is 1.32. The fourth-order valence-corrected chi connectivity index (χ4v) is 2.33. The highest BCUT2D eigenvalue weighted by Gasteiger charge is 2.14. The minimum absolute atomic E-state index is 0.0517. The van der Waals surface area contributed by atoms with Crippen LogP contribution in [0.4, 0.5) is 0 Å². The third kappa shape index (κ3) is 3.47. The number of aromatic nitrogens is 2. The second-order valence-electron chi connectivity index (χ2n) is 4.98. The van der Waals surface area contributed by atoms with E-state index in [9.17, 15) is 4.79 Å². The first-order chi connectivity index (χ1) is 12.1. The van der Waals surface area contributed by atoms with Crippen LogP contribution >= 0.6 is 11.6 Å². The third-order valence-corrected chi connectivity index (χ3v) is 3.66. The summed E-state index contributed by atoms with van der Waals surface area (Å²) in [6.45, 7) is 0. The zero-order valence-electron chi connectivity index (χ0n) is 13.1. The molecule has 2 aromatic carbocycles. The summed E-state index contributed by atoms with van der Waals surface area (Å²) in [6, 6.07) is 15.3. The van der Waals surface area contributed by atoms with E-state index in [1.807, 2.05) is 6.07 Å². The Morgan fingerprint density at radius 2 is 1.88 bits per heavy atom. The van der Waals surface area contributed by atoms with Gasteiger partial charge in [0.15, 0.2) is 0 Å². The third-order valence-electron chi connectivity index (χ3n) is 3.39. The lowest BCUT2D eigenvalue weighted by atomic mass is 10.2. The second-order valence-corrected chi connectivity index (χ2v) is 5.39. The lowest BCUT2D eigenvalue weighted by Gasteiger charge is -2.10. The largest absolute Gasteiger partial charge is 0.497 e. The van der Waals surface area contributed by atoms with Crippen molar-refractivity contribution in [2.24, 2.45) is 0 Å². The van der Waals surface area contributed by atoms with Crippen molar-refractivity contribution in [2.45, 2.75) is 0 Å². The van der Waals surface area contributed by atoms with Crippen LogP contribution in [0, 0.1) is 11.3 Å². The molecule has 0 saturated heterocycles. The summed E-state index contributed by atoms with van der Waals surface area (Å²) in [7, 11) is 1.56. The van der Waals surface area contributed by atoms with Crippen LogP contribution < -0.4 is 15.0 Å². The number of methoxy groups -OCH3 is 1. The quantitative estimate of drug-likeness (QED) is 0.716. The first kappa shape index (κ1) is 16.6. The number of benzene rings is 2. The van der Waals surface area contributed by atoms with Gasteiger partial charge in [-0.05, 0) is 42.5 Å². The smallest absolute Gasteiger partial charge is 0.316 e. The average Bonchev–Trinajstić information content (AvgIpc) is 2.65. The summed E-state index contributed by atoms with van der Waals surface area (Å²) in [5.41, 5.74) is 0.331. The van der Waals surface area contributed by atoms with Crippen molar-refractivity contribution in [1.82, 2.24) is 9.78 Å². The van der Waals surface area contributed by atoms with Gasteiger partial charge in [0.25, 0.3) is 0 Å². The Hall–Kier alpha value is -3.30. The van der Waals surface area contributed by atoms with Gasteiger partial charge in [-0.15, -0.1) is 0 Å². The van der Waals surface area contributed by atoms with Crippen LogP contribution in [0.1, 0.15) is 5.56 Å². The van der Waals surface area contributed by atoms with Crippen LogP contribution in [0.2, 0.25) is 5.02 Å². The topological polar surface area (TPSA) is 77.1 Å². The van der Waals surface area contributed by atoms with E-state index in [4.69, 9.17) is 26.3 Å². The van der Waals surface area contributed by atoms with Gasteiger partial charge in [-0.25, -0.2) is 0 Å². The molecule has 3 aromatic rings. The Balaban J connectivity index is 2.02. The van der Waals surface area contributed by atoms with Crippen LogP contribution in [0.5, 0.6) is 17.2 Å². The van der Waals surface area contributed by atoms with Crippen molar-refractivity contribution >= 4 is 11.6 Å². The standard InChI is InChI=1S/C18H12ClN3O3/c1-24-14-5-7-15(8-6-14)25-17-16(19)11-21-22(18(17)23)13-4-2-3-12(9-13)10-20/h2-9,11H,1H3. The molecule has 124 valence electrons. The van der Waals surface area contributed by atoms with E-state index in [2.05, 4.69) is 5.10 Å². The summed E-state index contributed by atoms with van der Waals surface area (Å²) in [5, 5.41) is 13.1. The van der Waals surface area contributed by atoms with E-state index >= 15 is 0 Å². The molecule has 0 atom stereocenters. The predicted molar refractivity (Wildman–Crippen MR) is 92.6 cm³/mol. The molecule has 25 heavy (non-hydrogen) atoms. The number of hydrogen-bond donors (Lipinski definition) is 0. The molecule has 0 bridgehead atoms. The van der Waals surface area contributed by atoms with Gasteiger partial charge in [0.05, 0.1) is 30.6 Å². The van der Waals surface area contributed by atoms with Crippen molar-refractivity contribution in [3.63, 3.8) is 0 Å². The lowest BCUT2D eigenvalue weighted by molar-refractivity contribution is 0.412. The second kappa shape index (κ2) is 7.07. The van der Waals surface area contributed by atoms with Crippen molar-refractivity contribution in [3.8, 4) is 29.0 Å². The number of nitrogens with zero attached hydrogens (tertiary/aromatic N) is 3. The van der Waals surface area contributed by atoms with E-state index in [1.54, 1.807) is 55.6 Å². The Morgan fingerprint density at radius 1 is 1.16 bits per heavy atom. The van der Waals surface area contributed by atoms with Gasteiger partial charge in [0.1, 0.15) is 16.5 Å². The van der Waals surface area contributed by atoms with Crippen LogP contribution in [-0.2, 0) is 0 Å². The molecule has 0 radical (unpaired) electrons. The van der Waals surface area contributed by atoms with Gasteiger partial charge in [-0.3, -0.25) is 4.79 Å². The first-order valence-electron chi connectivity index (χ1n) is 7.22. The van der Waals surface area contributed by atoms with Gasteiger partial charge in [-0.1, -0.05) is 17.7 Å². The van der Waals surface area contributed by atoms with E-state index < -0.39 is 5.56 Å². The zero-order chi connectivity index (χ0) is 17.8. The minimum atomic E-state index is -0.529. The molecule has 0 aliphatic carbocycles.